The van der Waals surface area contributed by atoms with Crippen LogP contribution in [0.25, 0.3) is 16.3 Å². The summed E-state index contributed by atoms with van der Waals surface area (Å²) in [5.74, 6) is -1.09. The summed E-state index contributed by atoms with van der Waals surface area (Å²) in [6.45, 7) is 0. The molecule has 1 N–H and O–H groups in total. The lowest BCUT2D eigenvalue weighted by Crippen LogP contribution is -1.92. The number of benzene rings is 1. The molecule has 0 spiro atoms. The Labute approximate surface area is 123 Å². The Morgan fingerprint density at radius 3 is 2.65 bits per heavy atom. The van der Waals surface area contributed by atoms with Gasteiger partial charge >= 0.3 is 5.97 Å². The van der Waals surface area contributed by atoms with Gasteiger partial charge in [-0.25, -0.2) is 14.5 Å². The van der Waals surface area contributed by atoms with Gasteiger partial charge in [-0.2, -0.15) is 5.10 Å². The minimum atomic E-state index is -1.09. The van der Waals surface area contributed by atoms with Crippen molar-refractivity contribution in [2.75, 3.05) is 0 Å². The summed E-state index contributed by atoms with van der Waals surface area (Å²) < 4.78 is 1.52. The lowest BCUT2D eigenvalue weighted by atomic mass is 10.1. The molecule has 0 aliphatic rings. The summed E-state index contributed by atoms with van der Waals surface area (Å²) >= 11 is 6.78. The monoisotopic (exact) mass is 305 g/mol. The van der Waals surface area contributed by atoms with Gasteiger partial charge in [-0.15, -0.1) is 0 Å². The SMILES string of the molecule is O=C(O)c1sc(-n2cc(-c3ccccc3)cn2)nc1Cl. The van der Waals surface area contributed by atoms with Gasteiger partial charge in [-0.3, -0.25) is 0 Å². The van der Waals surface area contributed by atoms with Gasteiger partial charge in [0.25, 0.3) is 0 Å². The number of aromatic nitrogens is 3. The molecule has 0 amide bonds. The standard InChI is InChI=1S/C13H8ClN3O2S/c14-11-10(12(18)19)20-13(16-11)17-7-9(6-15-17)8-4-2-1-3-5-8/h1-7H,(H,18,19). The van der Waals surface area contributed by atoms with Crippen LogP contribution in [-0.2, 0) is 0 Å². The van der Waals surface area contributed by atoms with Gasteiger partial charge < -0.3 is 5.11 Å². The third kappa shape index (κ3) is 2.31. The van der Waals surface area contributed by atoms with E-state index < -0.39 is 5.97 Å². The van der Waals surface area contributed by atoms with Crippen molar-refractivity contribution in [1.82, 2.24) is 14.8 Å². The maximum absolute atomic E-state index is 10.9. The number of hydrogen-bond donors (Lipinski definition) is 1. The molecule has 2 heterocycles. The molecule has 0 saturated carbocycles. The Morgan fingerprint density at radius 2 is 2.00 bits per heavy atom. The second kappa shape index (κ2) is 5.07. The zero-order valence-corrected chi connectivity index (χ0v) is 11.6. The summed E-state index contributed by atoms with van der Waals surface area (Å²) in [6.07, 6.45) is 3.49. The van der Waals surface area contributed by atoms with Crippen LogP contribution in [0.15, 0.2) is 42.7 Å². The van der Waals surface area contributed by atoms with Gasteiger partial charge in [-0.1, -0.05) is 53.3 Å². The van der Waals surface area contributed by atoms with Crippen molar-refractivity contribution in [3.05, 3.63) is 52.8 Å². The van der Waals surface area contributed by atoms with Crippen LogP contribution in [-0.4, -0.2) is 25.8 Å². The molecule has 5 nitrogen and oxygen atoms in total. The molecule has 0 unspecified atom stereocenters. The van der Waals surface area contributed by atoms with Crippen LogP contribution in [0.2, 0.25) is 5.15 Å². The summed E-state index contributed by atoms with van der Waals surface area (Å²) in [7, 11) is 0. The molecule has 0 aliphatic heterocycles. The molecular formula is C13H8ClN3O2S. The van der Waals surface area contributed by atoms with E-state index in [-0.39, 0.29) is 10.0 Å². The highest BCUT2D eigenvalue weighted by atomic mass is 35.5. The Kier molecular flexibility index (Phi) is 3.25. The lowest BCUT2D eigenvalue weighted by molar-refractivity contribution is 0.0702. The van der Waals surface area contributed by atoms with Crippen LogP contribution in [0.5, 0.6) is 0 Å². The Bertz CT molecular complexity index is 767. The number of halogens is 1. The van der Waals surface area contributed by atoms with E-state index in [1.807, 2.05) is 30.3 Å². The van der Waals surface area contributed by atoms with E-state index in [0.717, 1.165) is 22.5 Å². The van der Waals surface area contributed by atoms with Crippen LogP contribution < -0.4 is 0 Å². The quantitative estimate of drug-likeness (QED) is 0.805. The van der Waals surface area contributed by atoms with Gasteiger partial charge in [0.05, 0.1) is 6.20 Å². The molecule has 20 heavy (non-hydrogen) atoms. The summed E-state index contributed by atoms with van der Waals surface area (Å²) in [5, 5.41) is 13.6. The molecule has 0 atom stereocenters. The molecule has 0 radical (unpaired) electrons. The van der Waals surface area contributed by atoms with Gasteiger partial charge in [0.15, 0.2) is 10.0 Å². The molecule has 1 aromatic carbocycles. The molecule has 7 heteroatoms. The predicted octanol–water partition coefficient (Wildman–Crippen LogP) is 3.35. The summed E-state index contributed by atoms with van der Waals surface area (Å²) in [6, 6.07) is 9.76. The second-order valence-corrected chi connectivity index (χ2v) is 5.30. The van der Waals surface area contributed by atoms with Crippen LogP contribution in [0.4, 0.5) is 0 Å². The van der Waals surface area contributed by atoms with Crippen molar-refractivity contribution in [3.8, 4) is 16.3 Å². The van der Waals surface area contributed by atoms with Crippen molar-refractivity contribution in [3.63, 3.8) is 0 Å². The van der Waals surface area contributed by atoms with Gasteiger partial charge in [0.2, 0.25) is 5.13 Å². The highest BCUT2D eigenvalue weighted by Crippen LogP contribution is 2.27. The number of carboxylic acid groups (broad SMARTS) is 1. The highest BCUT2D eigenvalue weighted by Gasteiger charge is 2.17. The number of rotatable bonds is 3. The molecule has 0 bridgehead atoms. The fourth-order valence-electron chi connectivity index (χ4n) is 1.73. The number of carboxylic acids is 1. The minimum absolute atomic E-state index is 0.0124. The van der Waals surface area contributed by atoms with Crippen molar-refractivity contribution in [2.24, 2.45) is 0 Å². The minimum Gasteiger partial charge on any atom is -0.477 e. The third-order valence-electron chi connectivity index (χ3n) is 2.65. The van der Waals surface area contributed by atoms with Gasteiger partial charge in [-0.05, 0) is 5.56 Å². The third-order valence-corrected chi connectivity index (χ3v) is 4.07. The molecule has 3 aromatic rings. The van der Waals surface area contributed by atoms with Crippen molar-refractivity contribution >= 4 is 28.9 Å². The molecular weight excluding hydrogens is 298 g/mol. The van der Waals surface area contributed by atoms with Crippen LogP contribution >= 0.6 is 22.9 Å². The van der Waals surface area contributed by atoms with Crippen LogP contribution in [0.3, 0.4) is 0 Å². The van der Waals surface area contributed by atoms with E-state index >= 15 is 0 Å². The second-order valence-electron chi connectivity index (χ2n) is 3.96. The number of aromatic carboxylic acids is 1. The van der Waals surface area contributed by atoms with E-state index in [1.54, 1.807) is 12.4 Å². The smallest absolute Gasteiger partial charge is 0.349 e. The zero-order chi connectivity index (χ0) is 14.1. The molecule has 2 aromatic heterocycles. The van der Waals surface area contributed by atoms with Gasteiger partial charge in [0.1, 0.15) is 0 Å². The predicted molar refractivity (Wildman–Crippen MR) is 76.6 cm³/mol. The fourth-order valence-corrected chi connectivity index (χ4v) is 2.78. The van der Waals surface area contributed by atoms with Crippen molar-refractivity contribution in [2.45, 2.75) is 0 Å². The lowest BCUT2D eigenvalue weighted by Gasteiger charge is -1.95. The average Bonchev–Trinajstić information content (AvgIpc) is 3.06. The first-order valence-corrected chi connectivity index (χ1v) is 6.84. The summed E-state index contributed by atoms with van der Waals surface area (Å²) in [5.41, 5.74) is 1.95. The van der Waals surface area contributed by atoms with Crippen LogP contribution in [0.1, 0.15) is 9.67 Å². The zero-order valence-electron chi connectivity index (χ0n) is 10.0. The Morgan fingerprint density at radius 1 is 1.25 bits per heavy atom. The maximum Gasteiger partial charge on any atom is 0.349 e. The van der Waals surface area contributed by atoms with Crippen LogP contribution in [0, 0.1) is 0 Å². The van der Waals surface area contributed by atoms with E-state index in [2.05, 4.69) is 10.1 Å². The molecule has 3 rings (SSSR count). The molecule has 0 saturated heterocycles. The highest BCUT2D eigenvalue weighted by molar-refractivity contribution is 7.16. The fraction of sp³-hybridized carbons (Fsp3) is 0. The number of carbonyl (C=O) groups is 1. The first-order chi connectivity index (χ1) is 9.65. The van der Waals surface area contributed by atoms with Crippen molar-refractivity contribution in [1.29, 1.82) is 0 Å². The van der Waals surface area contributed by atoms with Crippen molar-refractivity contribution < 1.29 is 9.90 Å². The van der Waals surface area contributed by atoms with Gasteiger partial charge in [0, 0.05) is 11.8 Å². The largest absolute Gasteiger partial charge is 0.477 e. The number of hydrogen-bond acceptors (Lipinski definition) is 4. The van der Waals surface area contributed by atoms with E-state index in [1.165, 1.54) is 4.68 Å². The molecule has 100 valence electrons. The average molecular weight is 306 g/mol. The number of thiazole rings is 1. The molecule has 0 fully saturated rings. The molecule has 0 aliphatic carbocycles. The van der Waals surface area contributed by atoms with E-state index in [0.29, 0.717) is 5.13 Å². The topological polar surface area (TPSA) is 68.0 Å². The Balaban J connectivity index is 1.98. The van der Waals surface area contributed by atoms with E-state index in [9.17, 15) is 4.79 Å². The maximum atomic E-state index is 10.9. The van der Waals surface area contributed by atoms with E-state index in [4.69, 9.17) is 16.7 Å². The summed E-state index contributed by atoms with van der Waals surface area (Å²) in [4.78, 5) is 15.0. The normalized spacial score (nSPS) is 10.7. The first kappa shape index (κ1) is 12.8. The Hall–Kier alpha value is -2.18. The first-order valence-electron chi connectivity index (χ1n) is 5.65. The number of nitrogens with zero attached hydrogens (tertiary/aromatic N) is 3.